The van der Waals surface area contributed by atoms with Crippen LogP contribution in [0.1, 0.15) is 42.2 Å². The second-order valence-corrected chi connectivity index (χ2v) is 6.25. The van der Waals surface area contributed by atoms with Crippen molar-refractivity contribution < 1.29 is 4.79 Å². The van der Waals surface area contributed by atoms with Crippen molar-refractivity contribution in [3.8, 4) is 0 Å². The van der Waals surface area contributed by atoms with Crippen LogP contribution in [-0.2, 0) is 0 Å². The van der Waals surface area contributed by atoms with Crippen LogP contribution in [0.5, 0.6) is 0 Å². The molecule has 0 fully saturated rings. The summed E-state index contributed by atoms with van der Waals surface area (Å²) in [5.74, 6) is 0.406. The maximum Gasteiger partial charge on any atom is 0.253 e. The van der Waals surface area contributed by atoms with Gasteiger partial charge in [-0.2, -0.15) is 0 Å². The summed E-state index contributed by atoms with van der Waals surface area (Å²) in [7, 11) is 0. The third kappa shape index (κ3) is 4.67. The van der Waals surface area contributed by atoms with Crippen LogP contribution in [0.2, 0.25) is 0 Å². The molecule has 1 heterocycles. The van der Waals surface area contributed by atoms with E-state index in [0.717, 1.165) is 16.6 Å². The zero-order valence-electron chi connectivity index (χ0n) is 12.2. The fourth-order valence-electron chi connectivity index (χ4n) is 2.19. The van der Waals surface area contributed by atoms with Gasteiger partial charge in [-0.1, -0.05) is 44.2 Å². The Morgan fingerprint density at radius 3 is 2.48 bits per heavy atom. The monoisotopic (exact) mass is 346 g/mol. The largest absolute Gasteiger partial charge is 0.345 e. The van der Waals surface area contributed by atoms with Crippen molar-refractivity contribution in [1.82, 2.24) is 10.3 Å². The molecule has 2 rings (SSSR count). The van der Waals surface area contributed by atoms with Gasteiger partial charge in [0.1, 0.15) is 4.60 Å². The Balaban J connectivity index is 2.15. The number of amides is 1. The van der Waals surface area contributed by atoms with Gasteiger partial charge in [0.05, 0.1) is 11.6 Å². The maximum atomic E-state index is 12.4. The van der Waals surface area contributed by atoms with Crippen molar-refractivity contribution in [3.63, 3.8) is 0 Å². The number of nitrogens with zero attached hydrogens (tertiary/aromatic N) is 1. The minimum absolute atomic E-state index is 0.0161. The van der Waals surface area contributed by atoms with Crippen molar-refractivity contribution in [2.45, 2.75) is 26.3 Å². The lowest BCUT2D eigenvalue weighted by atomic mass is 9.97. The smallest absolute Gasteiger partial charge is 0.253 e. The lowest BCUT2D eigenvalue weighted by Gasteiger charge is -2.21. The van der Waals surface area contributed by atoms with Crippen LogP contribution in [0.15, 0.2) is 53.3 Å². The van der Waals surface area contributed by atoms with E-state index in [0.29, 0.717) is 11.5 Å². The van der Waals surface area contributed by atoms with Crippen molar-refractivity contribution in [3.05, 3.63) is 64.4 Å². The van der Waals surface area contributed by atoms with Crippen LogP contribution in [0.25, 0.3) is 0 Å². The Bertz CT molecular complexity index is 581. The van der Waals surface area contributed by atoms with E-state index >= 15 is 0 Å². The number of carbonyl (C=O) groups excluding carboxylic acids is 1. The molecule has 1 unspecified atom stereocenters. The van der Waals surface area contributed by atoms with E-state index in [1.165, 1.54) is 0 Å². The fourth-order valence-corrected chi connectivity index (χ4v) is 2.42. The first-order valence-corrected chi connectivity index (χ1v) is 7.83. The third-order valence-corrected chi connectivity index (χ3v) is 3.67. The Morgan fingerprint density at radius 1 is 1.19 bits per heavy atom. The van der Waals surface area contributed by atoms with Gasteiger partial charge in [-0.15, -0.1) is 0 Å². The molecular weight excluding hydrogens is 328 g/mol. The van der Waals surface area contributed by atoms with Gasteiger partial charge in [0.2, 0.25) is 0 Å². The van der Waals surface area contributed by atoms with Gasteiger partial charge in [-0.3, -0.25) is 4.79 Å². The van der Waals surface area contributed by atoms with Gasteiger partial charge in [0, 0.05) is 6.20 Å². The summed E-state index contributed by atoms with van der Waals surface area (Å²) >= 11 is 3.27. The summed E-state index contributed by atoms with van der Waals surface area (Å²) in [6, 6.07) is 13.6. The van der Waals surface area contributed by atoms with E-state index < -0.39 is 0 Å². The molecule has 0 aliphatic carbocycles. The number of benzene rings is 1. The second-order valence-electron chi connectivity index (χ2n) is 5.44. The summed E-state index contributed by atoms with van der Waals surface area (Å²) in [6.45, 7) is 4.31. The summed E-state index contributed by atoms with van der Waals surface area (Å²) < 4.78 is 0.723. The molecule has 0 aliphatic rings. The summed E-state index contributed by atoms with van der Waals surface area (Å²) in [5.41, 5.74) is 1.70. The zero-order chi connectivity index (χ0) is 15.2. The number of aromatic nitrogens is 1. The number of halogens is 1. The standard InChI is InChI=1S/C17H19BrN2O/c1-12(2)10-15(13-6-4-3-5-7-13)20-17(21)14-8-9-16(18)19-11-14/h3-9,11-12,15H,10H2,1-2H3,(H,20,21). The lowest BCUT2D eigenvalue weighted by Crippen LogP contribution is -2.29. The minimum Gasteiger partial charge on any atom is -0.345 e. The van der Waals surface area contributed by atoms with Crippen molar-refractivity contribution >= 4 is 21.8 Å². The molecule has 21 heavy (non-hydrogen) atoms. The van der Waals surface area contributed by atoms with E-state index in [4.69, 9.17) is 0 Å². The van der Waals surface area contributed by atoms with Gasteiger partial charge in [-0.25, -0.2) is 4.98 Å². The predicted octanol–water partition coefficient (Wildman–Crippen LogP) is 4.36. The van der Waals surface area contributed by atoms with Crippen LogP contribution in [0, 0.1) is 5.92 Å². The van der Waals surface area contributed by atoms with Crippen LogP contribution >= 0.6 is 15.9 Å². The quantitative estimate of drug-likeness (QED) is 0.817. The molecule has 0 saturated heterocycles. The number of hydrogen-bond acceptors (Lipinski definition) is 2. The predicted molar refractivity (Wildman–Crippen MR) is 88.0 cm³/mol. The molecule has 0 aliphatic heterocycles. The number of hydrogen-bond donors (Lipinski definition) is 1. The Morgan fingerprint density at radius 2 is 1.90 bits per heavy atom. The topological polar surface area (TPSA) is 42.0 Å². The molecule has 0 saturated carbocycles. The molecule has 2 aromatic rings. The van der Waals surface area contributed by atoms with Gasteiger partial charge in [-0.05, 0) is 46.0 Å². The van der Waals surface area contributed by atoms with Crippen LogP contribution in [-0.4, -0.2) is 10.9 Å². The van der Waals surface area contributed by atoms with E-state index in [-0.39, 0.29) is 11.9 Å². The number of carbonyl (C=O) groups is 1. The van der Waals surface area contributed by atoms with Gasteiger partial charge >= 0.3 is 0 Å². The second kappa shape index (κ2) is 7.36. The maximum absolute atomic E-state index is 12.4. The highest BCUT2D eigenvalue weighted by Gasteiger charge is 2.17. The normalized spacial score (nSPS) is 12.2. The summed E-state index contributed by atoms with van der Waals surface area (Å²) in [4.78, 5) is 16.5. The molecular formula is C17H19BrN2O. The minimum atomic E-state index is -0.0931. The SMILES string of the molecule is CC(C)CC(NC(=O)c1ccc(Br)nc1)c1ccccc1. The first-order chi connectivity index (χ1) is 10.1. The Hall–Kier alpha value is -1.68. The van der Waals surface area contributed by atoms with Gasteiger partial charge < -0.3 is 5.32 Å². The highest BCUT2D eigenvalue weighted by molar-refractivity contribution is 9.10. The van der Waals surface area contributed by atoms with E-state index in [1.54, 1.807) is 18.3 Å². The average molecular weight is 347 g/mol. The molecule has 1 aromatic heterocycles. The van der Waals surface area contributed by atoms with Crippen LogP contribution in [0.3, 0.4) is 0 Å². The van der Waals surface area contributed by atoms with Crippen LogP contribution in [0.4, 0.5) is 0 Å². The van der Waals surface area contributed by atoms with Gasteiger partial charge in [0.15, 0.2) is 0 Å². The highest BCUT2D eigenvalue weighted by atomic mass is 79.9. The first-order valence-electron chi connectivity index (χ1n) is 7.03. The molecule has 0 bridgehead atoms. The Kier molecular flexibility index (Phi) is 5.51. The fraction of sp³-hybridized carbons (Fsp3) is 0.294. The van der Waals surface area contributed by atoms with E-state index in [2.05, 4.69) is 40.1 Å². The van der Waals surface area contributed by atoms with Gasteiger partial charge in [0.25, 0.3) is 5.91 Å². The number of nitrogens with one attached hydrogen (secondary N) is 1. The first kappa shape index (κ1) is 15.7. The van der Waals surface area contributed by atoms with Crippen LogP contribution < -0.4 is 5.32 Å². The van der Waals surface area contributed by atoms with E-state index in [1.807, 2.05) is 30.3 Å². The highest BCUT2D eigenvalue weighted by Crippen LogP contribution is 2.21. The van der Waals surface area contributed by atoms with Crippen molar-refractivity contribution in [2.75, 3.05) is 0 Å². The summed E-state index contributed by atoms with van der Waals surface area (Å²) in [5, 5.41) is 3.11. The molecule has 0 spiro atoms. The van der Waals surface area contributed by atoms with Crippen molar-refractivity contribution in [1.29, 1.82) is 0 Å². The Labute approximate surface area is 133 Å². The summed E-state index contributed by atoms with van der Waals surface area (Å²) in [6.07, 6.45) is 2.48. The third-order valence-electron chi connectivity index (χ3n) is 3.20. The molecule has 110 valence electrons. The lowest BCUT2D eigenvalue weighted by molar-refractivity contribution is 0.0931. The molecule has 1 N–H and O–H groups in total. The molecule has 1 amide bonds. The molecule has 1 aromatic carbocycles. The molecule has 4 heteroatoms. The zero-order valence-corrected chi connectivity index (χ0v) is 13.8. The number of pyridine rings is 1. The molecule has 3 nitrogen and oxygen atoms in total. The molecule has 0 radical (unpaired) electrons. The average Bonchev–Trinajstić information content (AvgIpc) is 2.47. The molecule has 1 atom stereocenters. The van der Waals surface area contributed by atoms with Crippen molar-refractivity contribution in [2.24, 2.45) is 5.92 Å². The van der Waals surface area contributed by atoms with E-state index in [9.17, 15) is 4.79 Å². The number of rotatable bonds is 5.